The summed E-state index contributed by atoms with van der Waals surface area (Å²) in [6.45, 7) is 6.76. The molecule has 2 N–H and O–H groups in total. The molecule has 4 rings (SSSR count). The second-order valence-electron chi connectivity index (χ2n) is 8.04. The van der Waals surface area contributed by atoms with Crippen LogP contribution in [0.4, 0.5) is 10.7 Å². The van der Waals surface area contributed by atoms with Crippen LogP contribution in [-0.4, -0.2) is 27.5 Å². The fourth-order valence-corrected chi connectivity index (χ4v) is 5.79. The summed E-state index contributed by atoms with van der Waals surface area (Å²) < 4.78 is 7.28. The standard InChI is InChI=1S/C24H27ClN4O2S2/c1-4-31-23(30)20-18-7-5-6-8-19(18)33-22(20)27-24(32)26-21-14(2)28-29(15(21)3)13-16-9-11-17(25)12-10-16/h9-12H,4-8,13H2,1-3H3,(H2,26,27,32). The molecule has 1 aliphatic carbocycles. The second kappa shape index (κ2) is 10.2. The van der Waals surface area contributed by atoms with Gasteiger partial charge in [-0.2, -0.15) is 5.10 Å². The normalized spacial score (nSPS) is 12.8. The fourth-order valence-electron chi connectivity index (χ4n) is 4.12. The number of hydrogen-bond acceptors (Lipinski definition) is 5. The highest BCUT2D eigenvalue weighted by atomic mass is 35.5. The molecule has 1 aromatic carbocycles. The van der Waals surface area contributed by atoms with E-state index in [1.165, 1.54) is 4.88 Å². The Hall–Kier alpha value is -2.42. The van der Waals surface area contributed by atoms with Crippen molar-refractivity contribution in [2.45, 2.75) is 53.0 Å². The van der Waals surface area contributed by atoms with Crippen LogP contribution in [0.5, 0.6) is 0 Å². The molecule has 0 saturated carbocycles. The van der Waals surface area contributed by atoms with Crippen LogP contribution in [0, 0.1) is 13.8 Å². The van der Waals surface area contributed by atoms with E-state index in [-0.39, 0.29) is 5.97 Å². The van der Waals surface area contributed by atoms with Crippen LogP contribution in [0.3, 0.4) is 0 Å². The third-order valence-corrected chi connectivity index (χ3v) is 7.41. The van der Waals surface area contributed by atoms with Gasteiger partial charge in [-0.15, -0.1) is 11.3 Å². The number of benzene rings is 1. The molecule has 9 heteroatoms. The van der Waals surface area contributed by atoms with Crippen molar-refractivity contribution in [2.75, 3.05) is 17.2 Å². The van der Waals surface area contributed by atoms with E-state index in [0.717, 1.165) is 58.9 Å². The van der Waals surface area contributed by atoms with Gasteiger partial charge >= 0.3 is 5.97 Å². The minimum absolute atomic E-state index is 0.287. The highest BCUT2D eigenvalue weighted by molar-refractivity contribution is 7.80. The first-order chi connectivity index (χ1) is 15.9. The Bertz CT molecular complexity index is 1180. The predicted molar refractivity (Wildman–Crippen MR) is 139 cm³/mol. The van der Waals surface area contributed by atoms with Crippen molar-refractivity contribution in [3.63, 3.8) is 0 Å². The van der Waals surface area contributed by atoms with Gasteiger partial charge in [-0.05, 0) is 81.9 Å². The first-order valence-corrected chi connectivity index (χ1v) is 12.7. The topological polar surface area (TPSA) is 68.2 Å². The second-order valence-corrected chi connectivity index (χ2v) is 9.99. The molecular weight excluding hydrogens is 476 g/mol. The van der Waals surface area contributed by atoms with Gasteiger partial charge in [0.15, 0.2) is 5.11 Å². The number of aromatic nitrogens is 2. The molecule has 0 radical (unpaired) electrons. The van der Waals surface area contributed by atoms with Crippen molar-refractivity contribution in [3.05, 3.63) is 62.2 Å². The maximum Gasteiger partial charge on any atom is 0.341 e. The number of thiocarbonyl (C=S) groups is 1. The molecule has 0 spiro atoms. The summed E-state index contributed by atoms with van der Waals surface area (Å²) in [7, 11) is 0. The van der Waals surface area contributed by atoms with E-state index in [0.29, 0.717) is 28.9 Å². The van der Waals surface area contributed by atoms with Gasteiger partial charge in [0.25, 0.3) is 0 Å². The molecule has 174 valence electrons. The van der Waals surface area contributed by atoms with Gasteiger partial charge in [-0.1, -0.05) is 23.7 Å². The van der Waals surface area contributed by atoms with Crippen molar-refractivity contribution in [1.29, 1.82) is 0 Å². The number of aryl methyl sites for hydroxylation is 2. The maximum atomic E-state index is 12.7. The highest BCUT2D eigenvalue weighted by Crippen LogP contribution is 2.38. The number of ether oxygens (including phenoxy) is 1. The van der Waals surface area contributed by atoms with Crippen molar-refractivity contribution >= 4 is 56.9 Å². The van der Waals surface area contributed by atoms with Crippen LogP contribution < -0.4 is 10.6 Å². The number of hydrogen-bond donors (Lipinski definition) is 2. The Morgan fingerprint density at radius 3 is 2.67 bits per heavy atom. The van der Waals surface area contributed by atoms with E-state index in [1.807, 2.05) is 49.7 Å². The molecular formula is C24H27ClN4O2S2. The lowest BCUT2D eigenvalue weighted by atomic mass is 9.95. The number of fused-ring (bicyclic) bond motifs is 1. The van der Waals surface area contributed by atoms with Crippen molar-refractivity contribution in [2.24, 2.45) is 0 Å². The Morgan fingerprint density at radius 2 is 1.94 bits per heavy atom. The Labute approximate surface area is 208 Å². The average Bonchev–Trinajstić information content (AvgIpc) is 3.27. The van der Waals surface area contributed by atoms with E-state index in [4.69, 9.17) is 28.6 Å². The van der Waals surface area contributed by atoms with E-state index in [2.05, 4.69) is 15.7 Å². The third-order valence-electron chi connectivity index (χ3n) is 5.74. The number of carbonyl (C=O) groups excluding carboxylic acids is 1. The van der Waals surface area contributed by atoms with Gasteiger partial charge < -0.3 is 15.4 Å². The first kappa shape index (κ1) is 23.7. The zero-order valence-corrected chi connectivity index (χ0v) is 21.3. The molecule has 0 saturated heterocycles. The van der Waals surface area contributed by atoms with E-state index < -0.39 is 0 Å². The lowest BCUT2D eigenvalue weighted by molar-refractivity contribution is 0.0526. The minimum atomic E-state index is -0.287. The average molecular weight is 503 g/mol. The quantitative estimate of drug-likeness (QED) is 0.312. The Kier molecular flexibility index (Phi) is 7.36. The van der Waals surface area contributed by atoms with Gasteiger partial charge in [0, 0.05) is 9.90 Å². The number of carbonyl (C=O) groups is 1. The molecule has 0 aliphatic heterocycles. The van der Waals surface area contributed by atoms with Crippen molar-refractivity contribution in [1.82, 2.24) is 9.78 Å². The third kappa shape index (κ3) is 5.23. The van der Waals surface area contributed by atoms with Crippen LogP contribution in [0.15, 0.2) is 24.3 Å². The molecule has 0 atom stereocenters. The van der Waals surface area contributed by atoms with E-state index in [1.54, 1.807) is 11.3 Å². The van der Waals surface area contributed by atoms with Crippen molar-refractivity contribution in [3.8, 4) is 0 Å². The van der Waals surface area contributed by atoms with Gasteiger partial charge in [0.1, 0.15) is 5.00 Å². The zero-order valence-electron chi connectivity index (χ0n) is 19.0. The highest BCUT2D eigenvalue weighted by Gasteiger charge is 2.27. The molecule has 0 unspecified atom stereocenters. The number of thiophene rings is 1. The smallest absolute Gasteiger partial charge is 0.341 e. The molecule has 0 amide bonds. The number of rotatable bonds is 6. The maximum absolute atomic E-state index is 12.7. The van der Waals surface area contributed by atoms with E-state index in [9.17, 15) is 4.79 Å². The van der Waals surface area contributed by atoms with E-state index >= 15 is 0 Å². The Morgan fingerprint density at radius 1 is 1.21 bits per heavy atom. The number of esters is 1. The molecule has 3 aromatic rings. The monoisotopic (exact) mass is 502 g/mol. The van der Waals surface area contributed by atoms with Crippen LogP contribution in [0.2, 0.25) is 5.02 Å². The molecule has 1 aliphatic rings. The molecule has 0 fully saturated rings. The summed E-state index contributed by atoms with van der Waals surface area (Å²) >= 11 is 13.2. The zero-order chi connectivity index (χ0) is 23.5. The molecule has 33 heavy (non-hydrogen) atoms. The minimum Gasteiger partial charge on any atom is -0.462 e. The van der Waals surface area contributed by atoms with Crippen LogP contribution in [-0.2, 0) is 24.1 Å². The van der Waals surface area contributed by atoms with Crippen LogP contribution >= 0.6 is 35.2 Å². The number of halogens is 1. The summed E-state index contributed by atoms with van der Waals surface area (Å²) in [5, 5.41) is 13.1. The first-order valence-electron chi connectivity index (χ1n) is 11.1. The van der Waals surface area contributed by atoms with Crippen LogP contribution in [0.1, 0.15) is 57.5 Å². The van der Waals surface area contributed by atoms with Gasteiger partial charge in [0.05, 0.1) is 35.8 Å². The molecule has 2 aromatic heterocycles. The van der Waals surface area contributed by atoms with Crippen molar-refractivity contribution < 1.29 is 9.53 Å². The lowest BCUT2D eigenvalue weighted by Crippen LogP contribution is -2.21. The predicted octanol–water partition coefficient (Wildman–Crippen LogP) is 6.13. The summed E-state index contributed by atoms with van der Waals surface area (Å²) in [6, 6.07) is 7.74. The van der Waals surface area contributed by atoms with Gasteiger partial charge in [-0.25, -0.2) is 4.79 Å². The van der Waals surface area contributed by atoms with Crippen LogP contribution in [0.25, 0.3) is 0 Å². The number of anilines is 2. The summed E-state index contributed by atoms with van der Waals surface area (Å²) in [6.07, 6.45) is 4.12. The molecule has 2 heterocycles. The number of nitrogens with zero attached hydrogens (tertiary/aromatic N) is 2. The summed E-state index contributed by atoms with van der Waals surface area (Å²) in [5.41, 5.74) is 5.54. The largest absolute Gasteiger partial charge is 0.462 e. The number of nitrogens with one attached hydrogen (secondary N) is 2. The Balaban J connectivity index is 1.53. The summed E-state index contributed by atoms with van der Waals surface area (Å²) in [4.78, 5) is 14.0. The SMILES string of the molecule is CCOC(=O)c1c(NC(=S)Nc2c(C)nn(Cc3ccc(Cl)cc3)c2C)sc2c1CCCC2. The molecule has 0 bridgehead atoms. The lowest BCUT2D eigenvalue weighted by Gasteiger charge is -2.13. The van der Waals surface area contributed by atoms with Gasteiger partial charge in [0.2, 0.25) is 0 Å². The fraction of sp³-hybridized carbons (Fsp3) is 0.375. The molecule has 6 nitrogen and oxygen atoms in total. The summed E-state index contributed by atoms with van der Waals surface area (Å²) in [5.74, 6) is -0.287. The van der Waals surface area contributed by atoms with Gasteiger partial charge in [-0.3, -0.25) is 4.68 Å².